The molecule has 8 aromatic rings. The molecule has 182 valence electrons. The number of rotatable bonds is 3. The van der Waals surface area contributed by atoms with Crippen LogP contribution >= 0.6 is 0 Å². The molecule has 0 aliphatic carbocycles. The van der Waals surface area contributed by atoms with Crippen molar-refractivity contribution < 1.29 is 15.4 Å². The quantitative estimate of drug-likeness (QED) is 0.218. The van der Waals surface area contributed by atoms with Crippen LogP contribution in [0.3, 0.4) is 0 Å². The molecule has 0 radical (unpaired) electrons. The molecule has 0 atom stereocenters. The first kappa shape index (κ1) is 15.3. The average molecular weight is 505 g/mol. The molecule has 0 saturated heterocycles. The van der Waals surface area contributed by atoms with E-state index in [4.69, 9.17) is 9.90 Å². The molecular formula is C38H24O. The molecule has 1 aromatic heterocycles. The van der Waals surface area contributed by atoms with E-state index in [2.05, 4.69) is 0 Å². The molecule has 1 heterocycles. The Morgan fingerprint density at radius 2 is 0.949 bits per heavy atom. The molecule has 0 aliphatic rings. The summed E-state index contributed by atoms with van der Waals surface area (Å²) in [6.45, 7) is 0. The van der Waals surface area contributed by atoms with Gasteiger partial charge in [0.2, 0.25) is 0 Å². The van der Waals surface area contributed by atoms with Gasteiger partial charge in [-0.05, 0) is 67.1 Å². The van der Waals surface area contributed by atoms with Crippen LogP contribution in [0.1, 0.15) is 11.0 Å². The van der Waals surface area contributed by atoms with Crippen molar-refractivity contribution >= 4 is 43.5 Å². The van der Waals surface area contributed by atoms with E-state index in [1.165, 1.54) is 0 Å². The minimum Gasteiger partial charge on any atom is -0.456 e. The molecule has 0 amide bonds. The number of furan rings is 1. The lowest BCUT2D eigenvalue weighted by molar-refractivity contribution is 0.669. The van der Waals surface area contributed by atoms with Crippen LogP contribution < -0.4 is 0 Å². The predicted octanol–water partition coefficient (Wildman–Crippen LogP) is 10.9. The van der Waals surface area contributed by atoms with E-state index >= 15 is 0 Å². The van der Waals surface area contributed by atoms with E-state index in [1.54, 1.807) is 6.07 Å². The standard InChI is InChI=1S/C38H24O/c1-2-11-25(12-3-1)26-21-23-27(24-22-26)36-28-13-4-6-15-30(28)37(31-16-7-5-14-29(31)36)33-18-10-20-35-38(33)32-17-8-9-19-34(32)39-35/h1-24H/i4D,5D,6D,7D,13D,14D,15D,16D. The van der Waals surface area contributed by atoms with Crippen LogP contribution in [0.25, 0.3) is 76.9 Å². The number of para-hydroxylation sites is 1. The van der Waals surface area contributed by atoms with Gasteiger partial charge in [0.25, 0.3) is 0 Å². The van der Waals surface area contributed by atoms with Crippen molar-refractivity contribution in [2.24, 2.45) is 0 Å². The summed E-state index contributed by atoms with van der Waals surface area (Å²) in [7, 11) is 0. The fraction of sp³-hybridized carbons (Fsp3) is 0. The molecule has 0 N–H and O–H groups in total. The summed E-state index contributed by atoms with van der Waals surface area (Å²) in [4.78, 5) is 0. The van der Waals surface area contributed by atoms with E-state index in [0.717, 1.165) is 16.5 Å². The predicted molar refractivity (Wildman–Crippen MR) is 165 cm³/mol. The van der Waals surface area contributed by atoms with E-state index < -0.39 is 24.2 Å². The van der Waals surface area contributed by atoms with Crippen LogP contribution in [0.5, 0.6) is 0 Å². The molecule has 1 heteroatoms. The summed E-state index contributed by atoms with van der Waals surface area (Å²) in [5, 5.41) is 2.18. The Morgan fingerprint density at radius 3 is 1.64 bits per heavy atom. The van der Waals surface area contributed by atoms with Crippen molar-refractivity contribution in [3.05, 3.63) is 145 Å². The van der Waals surface area contributed by atoms with Crippen molar-refractivity contribution in [2.75, 3.05) is 0 Å². The number of benzene rings is 7. The Kier molecular flexibility index (Phi) is 3.42. The van der Waals surface area contributed by atoms with Gasteiger partial charge in [0.1, 0.15) is 11.2 Å². The highest BCUT2D eigenvalue weighted by Crippen LogP contribution is 2.46. The van der Waals surface area contributed by atoms with Gasteiger partial charge in [-0.25, -0.2) is 0 Å². The average Bonchev–Trinajstić information content (AvgIpc) is 3.49. The van der Waals surface area contributed by atoms with Gasteiger partial charge in [-0.15, -0.1) is 0 Å². The smallest absolute Gasteiger partial charge is 0.136 e. The monoisotopic (exact) mass is 504 g/mol. The molecule has 1 nitrogen and oxygen atoms in total. The van der Waals surface area contributed by atoms with Crippen LogP contribution in [-0.4, -0.2) is 0 Å². The zero-order valence-electron chi connectivity index (χ0n) is 28.6. The van der Waals surface area contributed by atoms with Gasteiger partial charge in [-0.3, -0.25) is 0 Å². The van der Waals surface area contributed by atoms with Crippen LogP contribution in [-0.2, 0) is 0 Å². The highest BCUT2D eigenvalue weighted by atomic mass is 16.3. The Labute approximate surface area is 237 Å². The highest BCUT2D eigenvalue weighted by molar-refractivity contribution is 6.25. The Balaban J connectivity index is 1.63. The molecule has 8 rings (SSSR count). The third-order valence-electron chi connectivity index (χ3n) is 7.33. The SMILES string of the molecule is [2H]c1c([2H])c([2H])c2c(-c3cccc4oc5ccccc5c34)c3c([2H])c([2H])c([2H])c([2H])c3c(-c3ccc(-c4ccccc4)cc3)c2c1[2H]. The van der Waals surface area contributed by atoms with Gasteiger partial charge in [0.15, 0.2) is 0 Å². The van der Waals surface area contributed by atoms with Crippen molar-refractivity contribution in [3.8, 4) is 33.4 Å². The zero-order valence-corrected chi connectivity index (χ0v) is 20.6. The summed E-state index contributed by atoms with van der Waals surface area (Å²) < 4.78 is 77.9. The van der Waals surface area contributed by atoms with Crippen molar-refractivity contribution in [3.63, 3.8) is 0 Å². The Bertz CT molecular complexity index is 2510. The maximum absolute atomic E-state index is 9.24. The second-order valence-corrected chi connectivity index (χ2v) is 9.47. The molecule has 0 unspecified atom stereocenters. The largest absolute Gasteiger partial charge is 0.456 e. The topological polar surface area (TPSA) is 13.1 Å². The molecule has 0 fully saturated rings. The van der Waals surface area contributed by atoms with Gasteiger partial charge in [-0.2, -0.15) is 0 Å². The highest BCUT2D eigenvalue weighted by Gasteiger charge is 2.19. The molecular weight excluding hydrogens is 472 g/mol. The van der Waals surface area contributed by atoms with Gasteiger partial charge >= 0.3 is 0 Å². The first-order valence-corrected chi connectivity index (χ1v) is 12.7. The Hall–Kier alpha value is -5.14. The first-order chi connectivity index (χ1) is 22.7. The van der Waals surface area contributed by atoms with Gasteiger partial charge in [0.05, 0.1) is 11.0 Å². The molecule has 7 aromatic carbocycles. The zero-order chi connectivity index (χ0) is 32.7. The fourth-order valence-corrected chi connectivity index (χ4v) is 5.63. The fourth-order valence-electron chi connectivity index (χ4n) is 5.63. The lowest BCUT2D eigenvalue weighted by Crippen LogP contribution is -1.91. The second kappa shape index (κ2) is 8.72. The molecule has 0 aliphatic heterocycles. The van der Waals surface area contributed by atoms with Gasteiger partial charge in [-0.1, -0.05) is 133 Å². The summed E-state index contributed by atoms with van der Waals surface area (Å²) in [6, 6.07) is 27.3. The minimum atomic E-state index is -0.432. The number of hydrogen-bond acceptors (Lipinski definition) is 1. The van der Waals surface area contributed by atoms with Crippen LogP contribution in [0.2, 0.25) is 0 Å². The first-order valence-electron chi connectivity index (χ1n) is 16.7. The maximum Gasteiger partial charge on any atom is 0.136 e. The third-order valence-corrected chi connectivity index (χ3v) is 7.33. The van der Waals surface area contributed by atoms with Crippen molar-refractivity contribution in [1.82, 2.24) is 0 Å². The van der Waals surface area contributed by atoms with Crippen molar-refractivity contribution in [2.45, 2.75) is 0 Å². The second-order valence-electron chi connectivity index (χ2n) is 9.47. The molecule has 39 heavy (non-hydrogen) atoms. The van der Waals surface area contributed by atoms with E-state index in [9.17, 15) is 5.48 Å². The van der Waals surface area contributed by atoms with Crippen LogP contribution in [0.15, 0.2) is 150 Å². The normalized spacial score (nSPS) is 14.5. The van der Waals surface area contributed by atoms with Crippen molar-refractivity contribution in [1.29, 1.82) is 0 Å². The molecule has 0 saturated carbocycles. The molecule has 0 bridgehead atoms. The lowest BCUT2D eigenvalue weighted by atomic mass is 9.84. The van der Waals surface area contributed by atoms with E-state index in [0.29, 0.717) is 38.8 Å². The van der Waals surface area contributed by atoms with E-state index in [-0.39, 0.29) is 45.7 Å². The van der Waals surface area contributed by atoms with Gasteiger partial charge in [0, 0.05) is 10.8 Å². The number of fused-ring (bicyclic) bond motifs is 5. The molecule has 0 spiro atoms. The van der Waals surface area contributed by atoms with Crippen LogP contribution in [0, 0.1) is 0 Å². The maximum atomic E-state index is 9.24. The van der Waals surface area contributed by atoms with Gasteiger partial charge < -0.3 is 4.42 Å². The third kappa shape index (κ3) is 3.41. The lowest BCUT2D eigenvalue weighted by Gasteiger charge is -2.18. The Morgan fingerprint density at radius 1 is 0.410 bits per heavy atom. The van der Waals surface area contributed by atoms with Crippen LogP contribution in [0.4, 0.5) is 0 Å². The minimum absolute atomic E-state index is 0.174. The summed E-state index contributed by atoms with van der Waals surface area (Å²) in [5.41, 5.74) is 4.83. The summed E-state index contributed by atoms with van der Waals surface area (Å²) in [5.74, 6) is 0. The van der Waals surface area contributed by atoms with E-state index in [1.807, 2.05) is 91.0 Å². The number of hydrogen-bond donors (Lipinski definition) is 0. The summed E-state index contributed by atoms with van der Waals surface area (Å²) >= 11 is 0. The summed E-state index contributed by atoms with van der Waals surface area (Å²) in [6.07, 6.45) is 0.